The molecule has 0 saturated carbocycles. The van der Waals surface area contributed by atoms with E-state index in [1.807, 2.05) is 0 Å². The summed E-state index contributed by atoms with van der Waals surface area (Å²) in [5.74, 6) is -1.08. The average Bonchev–Trinajstić information content (AvgIpc) is 2.92. The van der Waals surface area contributed by atoms with E-state index in [-0.39, 0.29) is 17.1 Å². The van der Waals surface area contributed by atoms with Crippen molar-refractivity contribution in [2.24, 2.45) is 0 Å². The van der Waals surface area contributed by atoms with Gasteiger partial charge in [-0.2, -0.15) is 4.89 Å². The zero-order valence-electron chi connectivity index (χ0n) is 25.9. The number of rotatable bonds is 26. The fourth-order valence-electron chi connectivity index (χ4n) is 5.44. The van der Waals surface area contributed by atoms with Gasteiger partial charge in [0, 0.05) is 5.56 Å². The topological polar surface area (TPSA) is 76.0 Å². The summed E-state index contributed by atoms with van der Waals surface area (Å²) in [6.07, 6.45) is 23.6. The van der Waals surface area contributed by atoms with E-state index >= 15 is 0 Å². The second-order valence-corrected chi connectivity index (χ2v) is 11.3. The average molecular weight is 549 g/mol. The molecule has 0 saturated heterocycles. The van der Waals surface area contributed by atoms with Gasteiger partial charge >= 0.3 is 5.97 Å². The molecule has 0 aromatic heterocycles. The predicted octanol–water partition coefficient (Wildman–Crippen LogP) is 10.5. The number of carbonyl (C=O) groups is 1. The molecule has 0 atom stereocenters. The molecule has 226 valence electrons. The van der Waals surface area contributed by atoms with Crippen LogP contribution in [0.4, 0.5) is 0 Å². The molecular weight excluding hydrogens is 488 g/mol. The number of carboxylic acid groups (broad SMARTS) is 1. The Morgan fingerprint density at radius 2 is 0.974 bits per heavy atom. The summed E-state index contributed by atoms with van der Waals surface area (Å²) in [4.78, 5) is 23.9. The molecular formula is C34H60O5. The van der Waals surface area contributed by atoms with Crippen molar-refractivity contribution in [1.29, 1.82) is 0 Å². The van der Waals surface area contributed by atoms with Crippen molar-refractivity contribution in [3.63, 3.8) is 0 Å². The molecule has 5 nitrogen and oxygen atoms in total. The molecule has 0 amide bonds. The molecule has 0 aliphatic carbocycles. The largest absolute Gasteiger partial charge is 0.504 e. The molecule has 0 aliphatic heterocycles. The van der Waals surface area contributed by atoms with Gasteiger partial charge in [-0.15, -0.1) is 0 Å². The lowest BCUT2D eigenvalue weighted by atomic mass is 9.85. The monoisotopic (exact) mass is 548 g/mol. The Balaban J connectivity index is 3.38. The van der Waals surface area contributed by atoms with Gasteiger partial charge in [-0.05, 0) is 56.1 Å². The summed E-state index contributed by atoms with van der Waals surface area (Å²) in [6.45, 7) is 9.25. The van der Waals surface area contributed by atoms with Crippen molar-refractivity contribution in [2.45, 2.75) is 169 Å². The van der Waals surface area contributed by atoms with Crippen LogP contribution in [-0.2, 0) is 24.2 Å². The Labute approximate surface area is 240 Å². The van der Waals surface area contributed by atoms with E-state index in [0.717, 1.165) is 100 Å². The maximum atomic E-state index is 12.5. The van der Waals surface area contributed by atoms with Crippen LogP contribution in [0.15, 0.2) is 0 Å². The molecule has 0 bridgehead atoms. The Morgan fingerprint density at radius 1 is 0.564 bits per heavy atom. The van der Waals surface area contributed by atoms with Crippen LogP contribution in [0.2, 0.25) is 0 Å². The fourth-order valence-corrected chi connectivity index (χ4v) is 5.44. The van der Waals surface area contributed by atoms with Crippen LogP contribution in [0.5, 0.6) is 11.5 Å². The Kier molecular flexibility index (Phi) is 20.8. The van der Waals surface area contributed by atoms with Gasteiger partial charge in [0.2, 0.25) is 5.75 Å². The summed E-state index contributed by atoms with van der Waals surface area (Å²) in [5, 5.41) is 21.6. The molecule has 0 spiro atoms. The van der Waals surface area contributed by atoms with Gasteiger partial charge in [0.15, 0.2) is 5.75 Å². The standard InChI is InChI=1S/C34H60O5/c1-5-9-13-17-20-24-28-29(25-21-18-14-10-6-2)31(34(36)37)32(35)33(39-38-27-23-16-12-8-4)30(28)26-22-19-15-11-7-3/h35H,5-27H2,1-4H3,(H,36,37). The number of aromatic carboxylic acids is 1. The first-order valence-corrected chi connectivity index (χ1v) is 16.4. The number of hydrogen-bond donors (Lipinski definition) is 2. The second kappa shape index (κ2) is 23.0. The van der Waals surface area contributed by atoms with Gasteiger partial charge in [0.1, 0.15) is 5.56 Å². The third-order valence-electron chi connectivity index (χ3n) is 7.78. The minimum absolute atomic E-state index is 0.0216. The first-order chi connectivity index (χ1) is 19.0. The number of benzene rings is 1. The lowest BCUT2D eigenvalue weighted by Gasteiger charge is -2.23. The van der Waals surface area contributed by atoms with Crippen LogP contribution >= 0.6 is 0 Å². The van der Waals surface area contributed by atoms with Crippen molar-refractivity contribution in [3.8, 4) is 11.5 Å². The van der Waals surface area contributed by atoms with Crippen LogP contribution < -0.4 is 4.89 Å². The number of carboxylic acids is 1. The number of unbranched alkanes of at least 4 members (excludes halogenated alkanes) is 15. The summed E-state index contributed by atoms with van der Waals surface area (Å²) in [6, 6.07) is 0. The molecule has 2 N–H and O–H groups in total. The first kappa shape index (κ1) is 35.3. The molecule has 0 aliphatic rings. The lowest BCUT2D eigenvalue weighted by molar-refractivity contribution is -0.208. The minimum atomic E-state index is -1.08. The first-order valence-electron chi connectivity index (χ1n) is 16.4. The summed E-state index contributed by atoms with van der Waals surface area (Å²) >= 11 is 0. The quantitative estimate of drug-likeness (QED) is 0.0684. The van der Waals surface area contributed by atoms with Gasteiger partial charge in [-0.25, -0.2) is 4.79 Å². The molecule has 0 radical (unpaired) electrons. The van der Waals surface area contributed by atoms with E-state index in [2.05, 4.69) is 27.7 Å². The van der Waals surface area contributed by atoms with E-state index in [0.29, 0.717) is 13.0 Å². The lowest BCUT2D eigenvalue weighted by Crippen LogP contribution is -2.14. The van der Waals surface area contributed by atoms with E-state index in [1.165, 1.54) is 51.4 Å². The summed E-state index contributed by atoms with van der Waals surface area (Å²) in [5.41, 5.74) is 2.91. The van der Waals surface area contributed by atoms with Gasteiger partial charge in [-0.3, -0.25) is 0 Å². The van der Waals surface area contributed by atoms with Gasteiger partial charge in [-0.1, -0.05) is 124 Å². The molecule has 1 aromatic carbocycles. The maximum Gasteiger partial charge on any atom is 0.339 e. The SMILES string of the molecule is CCCCCCCc1c(CCCCCCC)c(OOCCCCCC)c(O)c(C(=O)O)c1CCCCCCC. The van der Waals surface area contributed by atoms with Crippen molar-refractivity contribution in [2.75, 3.05) is 6.61 Å². The number of aromatic hydroxyl groups is 1. The highest BCUT2D eigenvalue weighted by molar-refractivity contribution is 5.94. The van der Waals surface area contributed by atoms with E-state index < -0.39 is 5.97 Å². The van der Waals surface area contributed by atoms with E-state index in [1.54, 1.807) is 0 Å². The minimum Gasteiger partial charge on any atom is -0.504 e. The fraction of sp³-hybridized carbons (Fsp3) is 0.794. The third kappa shape index (κ3) is 13.9. The van der Waals surface area contributed by atoms with Crippen molar-refractivity contribution in [1.82, 2.24) is 0 Å². The van der Waals surface area contributed by atoms with Gasteiger partial charge in [0.25, 0.3) is 0 Å². The molecule has 0 unspecified atom stereocenters. The van der Waals surface area contributed by atoms with Crippen molar-refractivity contribution >= 4 is 5.97 Å². The van der Waals surface area contributed by atoms with Crippen LogP contribution in [0.25, 0.3) is 0 Å². The van der Waals surface area contributed by atoms with Crippen LogP contribution in [0.1, 0.15) is 177 Å². The maximum absolute atomic E-state index is 12.5. The highest BCUT2D eigenvalue weighted by Gasteiger charge is 2.28. The molecule has 1 rings (SSSR count). The Morgan fingerprint density at radius 3 is 1.44 bits per heavy atom. The summed E-state index contributed by atoms with van der Waals surface area (Å²) in [7, 11) is 0. The molecule has 39 heavy (non-hydrogen) atoms. The zero-order valence-corrected chi connectivity index (χ0v) is 25.9. The summed E-state index contributed by atoms with van der Waals surface area (Å²) < 4.78 is 0. The van der Waals surface area contributed by atoms with Crippen LogP contribution in [-0.4, -0.2) is 22.8 Å². The van der Waals surface area contributed by atoms with Gasteiger partial charge in [0.05, 0.1) is 6.61 Å². The number of hydrogen-bond acceptors (Lipinski definition) is 4. The van der Waals surface area contributed by atoms with Crippen LogP contribution in [0, 0.1) is 0 Å². The Hall–Kier alpha value is -1.75. The Bertz CT molecular complexity index is 774. The van der Waals surface area contributed by atoms with Gasteiger partial charge < -0.3 is 15.1 Å². The predicted molar refractivity (Wildman–Crippen MR) is 163 cm³/mol. The van der Waals surface area contributed by atoms with Crippen molar-refractivity contribution in [3.05, 3.63) is 22.3 Å². The third-order valence-corrected chi connectivity index (χ3v) is 7.78. The van der Waals surface area contributed by atoms with E-state index in [4.69, 9.17) is 9.78 Å². The molecule has 0 heterocycles. The van der Waals surface area contributed by atoms with Crippen LogP contribution in [0.3, 0.4) is 0 Å². The smallest absolute Gasteiger partial charge is 0.339 e. The highest BCUT2D eigenvalue weighted by Crippen LogP contribution is 2.42. The molecule has 0 fully saturated rings. The van der Waals surface area contributed by atoms with E-state index in [9.17, 15) is 15.0 Å². The molecule has 5 heteroatoms. The number of phenols is 1. The second-order valence-electron chi connectivity index (χ2n) is 11.3. The normalized spacial score (nSPS) is 11.3. The highest BCUT2D eigenvalue weighted by atomic mass is 17.2. The van der Waals surface area contributed by atoms with Crippen molar-refractivity contribution < 1.29 is 24.8 Å². The zero-order chi connectivity index (χ0) is 28.7. The molecule has 1 aromatic rings.